The van der Waals surface area contributed by atoms with Crippen molar-refractivity contribution in [1.29, 1.82) is 0 Å². The molecular formula is C19H24N2O6. The molecule has 27 heavy (non-hydrogen) atoms. The van der Waals surface area contributed by atoms with E-state index < -0.39 is 29.8 Å². The highest BCUT2D eigenvalue weighted by Gasteiger charge is 2.44. The zero-order chi connectivity index (χ0) is 20.1. The maximum Gasteiger partial charge on any atom is 0.329 e. The van der Waals surface area contributed by atoms with Gasteiger partial charge in [0.2, 0.25) is 0 Å². The Morgan fingerprint density at radius 3 is 2.33 bits per heavy atom. The fourth-order valence-electron chi connectivity index (χ4n) is 3.02. The maximum absolute atomic E-state index is 13.0. The van der Waals surface area contributed by atoms with Gasteiger partial charge in [-0.25, -0.2) is 4.79 Å². The van der Waals surface area contributed by atoms with Gasteiger partial charge in [0.1, 0.15) is 6.04 Å². The van der Waals surface area contributed by atoms with Gasteiger partial charge in [-0.3, -0.25) is 19.3 Å². The summed E-state index contributed by atoms with van der Waals surface area (Å²) in [6, 6.07) is 3.78. The summed E-state index contributed by atoms with van der Waals surface area (Å²) in [5.74, 6) is -2.36. The molecule has 1 aliphatic heterocycles. The fraction of sp³-hybridized carbons (Fsp3) is 0.474. The van der Waals surface area contributed by atoms with E-state index in [1.54, 1.807) is 51.0 Å². The second kappa shape index (κ2) is 8.66. The number of hydrogen-bond donors (Lipinski definition) is 0. The molecule has 0 aromatic heterocycles. The van der Waals surface area contributed by atoms with Crippen molar-refractivity contribution in [1.82, 2.24) is 4.90 Å². The predicted molar refractivity (Wildman–Crippen MR) is 97.6 cm³/mol. The van der Waals surface area contributed by atoms with Crippen LogP contribution in [0.25, 0.3) is 0 Å². The Bertz CT molecular complexity index is 759. The van der Waals surface area contributed by atoms with E-state index in [0.29, 0.717) is 5.69 Å². The van der Waals surface area contributed by atoms with E-state index in [1.807, 2.05) is 0 Å². The first-order valence-electron chi connectivity index (χ1n) is 8.83. The standard InChI is InChI=1S/C19H24N2O6/c1-5-26-15(22)11-10-14(19(25)27-6-2)21-17(23)12-8-7-9-13(20(3)4)16(12)18(21)24/h7-9,14H,5-6,10-11H2,1-4H3/t14-/m0/s1. The van der Waals surface area contributed by atoms with E-state index in [4.69, 9.17) is 9.47 Å². The van der Waals surface area contributed by atoms with Crippen molar-refractivity contribution >= 4 is 29.4 Å². The second-order valence-electron chi connectivity index (χ2n) is 6.19. The first kappa shape index (κ1) is 20.4. The molecule has 8 heteroatoms. The van der Waals surface area contributed by atoms with Gasteiger partial charge in [0, 0.05) is 26.2 Å². The summed E-state index contributed by atoms with van der Waals surface area (Å²) in [6.07, 6.45) is -0.161. The summed E-state index contributed by atoms with van der Waals surface area (Å²) in [6.45, 7) is 3.61. The van der Waals surface area contributed by atoms with Crippen molar-refractivity contribution in [2.24, 2.45) is 0 Å². The first-order chi connectivity index (χ1) is 12.8. The molecule has 1 aromatic carbocycles. The van der Waals surface area contributed by atoms with Crippen LogP contribution in [0, 0.1) is 0 Å². The molecule has 0 fully saturated rings. The molecule has 1 aliphatic rings. The van der Waals surface area contributed by atoms with Crippen molar-refractivity contribution in [2.45, 2.75) is 32.7 Å². The topological polar surface area (TPSA) is 93.2 Å². The van der Waals surface area contributed by atoms with Crippen LogP contribution in [0.5, 0.6) is 0 Å². The monoisotopic (exact) mass is 376 g/mol. The summed E-state index contributed by atoms with van der Waals surface area (Å²) in [5, 5.41) is 0. The van der Waals surface area contributed by atoms with Crippen molar-refractivity contribution in [3.8, 4) is 0 Å². The van der Waals surface area contributed by atoms with Gasteiger partial charge in [0.15, 0.2) is 0 Å². The maximum atomic E-state index is 13.0. The van der Waals surface area contributed by atoms with E-state index in [1.165, 1.54) is 0 Å². The van der Waals surface area contributed by atoms with Crippen molar-refractivity contribution < 1.29 is 28.7 Å². The number of ether oxygens (including phenoxy) is 2. The molecule has 0 spiro atoms. The number of imide groups is 1. The molecule has 0 unspecified atom stereocenters. The van der Waals surface area contributed by atoms with Crippen LogP contribution in [-0.2, 0) is 19.1 Å². The molecule has 8 nitrogen and oxygen atoms in total. The smallest absolute Gasteiger partial charge is 0.329 e. The first-order valence-corrected chi connectivity index (χ1v) is 8.83. The minimum absolute atomic E-state index is 0.0551. The molecule has 0 saturated carbocycles. The van der Waals surface area contributed by atoms with Gasteiger partial charge in [-0.15, -0.1) is 0 Å². The zero-order valence-corrected chi connectivity index (χ0v) is 16.0. The molecular weight excluding hydrogens is 352 g/mol. The molecule has 146 valence electrons. The molecule has 0 saturated heterocycles. The number of esters is 2. The molecule has 1 aromatic rings. The Morgan fingerprint density at radius 2 is 1.74 bits per heavy atom. The number of hydrogen-bond acceptors (Lipinski definition) is 7. The van der Waals surface area contributed by atoms with Gasteiger partial charge in [0.25, 0.3) is 11.8 Å². The number of fused-ring (bicyclic) bond motifs is 1. The van der Waals surface area contributed by atoms with Crippen LogP contribution in [0.1, 0.15) is 47.4 Å². The molecule has 2 rings (SSSR count). The van der Waals surface area contributed by atoms with Crippen molar-refractivity contribution in [3.05, 3.63) is 29.3 Å². The van der Waals surface area contributed by atoms with Gasteiger partial charge in [0.05, 0.1) is 24.3 Å². The van der Waals surface area contributed by atoms with Gasteiger partial charge < -0.3 is 14.4 Å². The zero-order valence-electron chi connectivity index (χ0n) is 16.0. The highest BCUT2D eigenvalue weighted by molar-refractivity contribution is 6.25. The van der Waals surface area contributed by atoms with Crippen LogP contribution in [0.3, 0.4) is 0 Å². The number of amides is 2. The molecule has 1 atom stereocenters. The Balaban J connectivity index is 2.36. The van der Waals surface area contributed by atoms with Gasteiger partial charge in [-0.2, -0.15) is 0 Å². The van der Waals surface area contributed by atoms with Crippen LogP contribution in [0.4, 0.5) is 5.69 Å². The highest BCUT2D eigenvalue weighted by Crippen LogP contribution is 2.33. The molecule has 0 N–H and O–H groups in total. The normalized spacial score (nSPS) is 14.0. The molecule has 1 heterocycles. The van der Waals surface area contributed by atoms with E-state index in [9.17, 15) is 19.2 Å². The lowest BCUT2D eigenvalue weighted by atomic mass is 10.1. The predicted octanol–water partition coefficient (Wildman–Crippen LogP) is 1.62. The Kier molecular flexibility index (Phi) is 6.55. The minimum atomic E-state index is -1.18. The Labute approximate surface area is 158 Å². The molecule has 0 bridgehead atoms. The van der Waals surface area contributed by atoms with Crippen LogP contribution >= 0.6 is 0 Å². The van der Waals surface area contributed by atoms with Crippen LogP contribution in [0.2, 0.25) is 0 Å². The summed E-state index contributed by atoms with van der Waals surface area (Å²) in [7, 11) is 3.53. The third kappa shape index (κ3) is 4.10. The number of carbonyl (C=O) groups excluding carboxylic acids is 4. The third-order valence-electron chi connectivity index (χ3n) is 4.20. The fourth-order valence-corrected chi connectivity index (χ4v) is 3.02. The highest BCUT2D eigenvalue weighted by atomic mass is 16.5. The lowest BCUT2D eigenvalue weighted by Crippen LogP contribution is -2.46. The van der Waals surface area contributed by atoms with Crippen molar-refractivity contribution in [2.75, 3.05) is 32.2 Å². The second-order valence-corrected chi connectivity index (χ2v) is 6.19. The SMILES string of the molecule is CCOC(=O)CC[C@@H](C(=O)OCC)N1C(=O)c2cccc(N(C)C)c2C1=O. The molecule has 0 aliphatic carbocycles. The largest absolute Gasteiger partial charge is 0.466 e. The van der Waals surface area contributed by atoms with Crippen LogP contribution < -0.4 is 4.90 Å². The van der Waals surface area contributed by atoms with Crippen molar-refractivity contribution in [3.63, 3.8) is 0 Å². The number of benzene rings is 1. The Hall–Kier alpha value is -2.90. The summed E-state index contributed by atoms with van der Waals surface area (Å²) >= 11 is 0. The average Bonchev–Trinajstić information content (AvgIpc) is 2.87. The number of anilines is 1. The molecule has 0 radical (unpaired) electrons. The van der Waals surface area contributed by atoms with E-state index >= 15 is 0 Å². The summed E-state index contributed by atoms with van der Waals surface area (Å²) in [5.41, 5.74) is 1.07. The van der Waals surface area contributed by atoms with Crippen LogP contribution in [-0.4, -0.2) is 62.0 Å². The summed E-state index contributed by atoms with van der Waals surface area (Å²) in [4.78, 5) is 52.6. The van der Waals surface area contributed by atoms with E-state index in [0.717, 1.165) is 4.90 Å². The quantitative estimate of drug-likeness (QED) is 0.503. The Morgan fingerprint density at radius 1 is 1.07 bits per heavy atom. The average molecular weight is 376 g/mol. The minimum Gasteiger partial charge on any atom is -0.466 e. The lowest BCUT2D eigenvalue weighted by Gasteiger charge is -2.24. The van der Waals surface area contributed by atoms with E-state index in [2.05, 4.69) is 0 Å². The summed E-state index contributed by atoms with van der Waals surface area (Å²) < 4.78 is 9.91. The van der Waals surface area contributed by atoms with Crippen LogP contribution in [0.15, 0.2) is 18.2 Å². The number of carbonyl (C=O) groups is 4. The van der Waals surface area contributed by atoms with Gasteiger partial charge in [-0.1, -0.05) is 6.07 Å². The van der Waals surface area contributed by atoms with Gasteiger partial charge in [-0.05, 0) is 32.4 Å². The van der Waals surface area contributed by atoms with E-state index in [-0.39, 0.29) is 37.2 Å². The number of nitrogens with zero attached hydrogens (tertiary/aromatic N) is 2. The lowest BCUT2D eigenvalue weighted by molar-refractivity contribution is -0.149. The number of rotatable bonds is 8. The third-order valence-corrected chi connectivity index (χ3v) is 4.20. The molecule has 2 amide bonds. The van der Waals surface area contributed by atoms with Gasteiger partial charge >= 0.3 is 11.9 Å².